The van der Waals surface area contributed by atoms with E-state index in [0.29, 0.717) is 6.01 Å². The van der Waals surface area contributed by atoms with Gasteiger partial charge in [0.15, 0.2) is 0 Å². The molecule has 0 aliphatic carbocycles. The first-order valence-corrected chi connectivity index (χ1v) is 5.19. The van der Waals surface area contributed by atoms with E-state index in [1.165, 1.54) is 0 Å². The fraction of sp³-hybridized carbons (Fsp3) is 0.417. The van der Waals surface area contributed by atoms with Gasteiger partial charge in [-0.05, 0) is 32.9 Å². The highest BCUT2D eigenvalue weighted by molar-refractivity contribution is 5.78. The number of ether oxygens (including phenoxy) is 1. The lowest BCUT2D eigenvalue weighted by Gasteiger charge is -2.23. The van der Waals surface area contributed by atoms with E-state index >= 15 is 0 Å². The number of hydrogen-bond donors (Lipinski definition) is 1. The number of rotatable bonds is 1. The van der Waals surface area contributed by atoms with Crippen LogP contribution < -0.4 is 4.74 Å². The average Bonchev–Trinajstić information content (AvgIpc) is 2.54. The maximum absolute atomic E-state index is 9.52. The summed E-state index contributed by atoms with van der Waals surface area (Å²) in [6.45, 7) is 6.21. The van der Waals surface area contributed by atoms with Crippen LogP contribution in [0.4, 0.5) is 0 Å². The van der Waals surface area contributed by atoms with Gasteiger partial charge in [0.25, 0.3) is 6.01 Å². The lowest BCUT2D eigenvalue weighted by atomic mass is 10.1. The Balaban J connectivity index is 2.81. The van der Waals surface area contributed by atoms with E-state index in [0.717, 1.165) is 11.0 Å². The number of phenolic OH excluding ortho intramolecular Hbond substituents is 1. The van der Waals surface area contributed by atoms with Crippen molar-refractivity contribution in [3.05, 3.63) is 18.2 Å². The summed E-state index contributed by atoms with van der Waals surface area (Å²) in [7, 11) is 1.60. The number of benzene rings is 1. The van der Waals surface area contributed by atoms with Crippen molar-refractivity contribution in [2.24, 2.45) is 0 Å². The lowest BCUT2D eigenvalue weighted by Crippen LogP contribution is -2.22. The van der Waals surface area contributed by atoms with Gasteiger partial charge in [-0.25, -0.2) is 0 Å². The first kappa shape index (κ1) is 10.8. The summed E-state index contributed by atoms with van der Waals surface area (Å²) in [5.41, 5.74) is 1.56. The second kappa shape index (κ2) is 3.40. The minimum absolute atomic E-state index is 0.145. The Labute approximate surface area is 94.5 Å². The van der Waals surface area contributed by atoms with E-state index in [9.17, 15) is 5.11 Å². The second-order valence-electron chi connectivity index (χ2n) is 4.78. The van der Waals surface area contributed by atoms with Crippen LogP contribution in [0, 0.1) is 0 Å². The SMILES string of the molecule is COc1nc2ccc(O)cc2n1C(C)(C)C. The van der Waals surface area contributed by atoms with Crippen molar-refractivity contribution in [2.45, 2.75) is 26.3 Å². The highest BCUT2D eigenvalue weighted by atomic mass is 16.5. The van der Waals surface area contributed by atoms with Gasteiger partial charge in [0.05, 0.1) is 18.1 Å². The first-order chi connectivity index (χ1) is 7.43. The van der Waals surface area contributed by atoms with Gasteiger partial charge in [-0.1, -0.05) is 0 Å². The smallest absolute Gasteiger partial charge is 0.297 e. The molecular formula is C12H16N2O2. The van der Waals surface area contributed by atoms with Crippen LogP contribution in [0.2, 0.25) is 0 Å². The number of hydrogen-bond acceptors (Lipinski definition) is 3. The number of methoxy groups -OCH3 is 1. The van der Waals surface area contributed by atoms with Crippen LogP contribution in [0.15, 0.2) is 18.2 Å². The largest absolute Gasteiger partial charge is 0.508 e. The van der Waals surface area contributed by atoms with Gasteiger partial charge < -0.3 is 9.84 Å². The van der Waals surface area contributed by atoms with Gasteiger partial charge in [0.1, 0.15) is 5.75 Å². The third-order valence-corrected chi connectivity index (χ3v) is 2.46. The molecule has 86 valence electrons. The van der Waals surface area contributed by atoms with Gasteiger partial charge >= 0.3 is 0 Å². The molecule has 0 unspecified atom stereocenters. The third kappa shape index (κ3) is 1.60. The molecule has 0 atom stereocenters. The third-order valence-electron chi connectivity index (χ3n) is 2.46. The molecule has 0 bridgehead atoms. The van der Waals surface area contributed by atoms with Crippen LogP contribution in [0.1, 0.15) is 20.8 Å². The van der Waals surface area contributed by atoms with Crippen molar-refractivity contribution in [1.29, 1.82) is 0 Å². The Morgan fingerprint density at radius 2 is 2.00 bits per heavy atom. The molecule has 0 fully saturated rings. The van der Waals surface area contributed by atoms with Gasteiger partial charge in [0.2, 0.25) is 0 Å². The molecule has 0 aliphatic rings. The van der Waals surface area contributed by atoms with Crippen LogP contribution in [0.3, 0.4) is 0 Å². The zero-order valence-corrected chi connectivity index (χ0v) is 9.98. The standard InChI is InChI=1S/C12H16N2O2/c1-12(2,3)14-10-7-8(15)5-6-9(10)13-11(14)16-4/h5-7,15H,1-4H3. The fourth-order valence-corrected chi connectivity index (χ4v) is 1.83. The molecule has 4 nitrogen and oxygen atoms in total. The zero-order valence-electron chi connectivity index (χ0n) is 9.98. The number of nitrogens with zero attached hydrogens (tertiary/aromatic N) is 2. The first-order valence-electron chi connectivity index (χ1n) is 5.19. The van der Waals surface area contributed by atoms with Crippen molar-refractivity contribution in [3.63, 3.8) is 0 Å². The van der Waals surface area contributed by atoms with Crippen molar-refractivity contribution < 1.29 is 9.84 Å². The average molecular weight is 220 g/mol. The van der Waals surface area contributed by atoms with Gasteiger partial charge in [-0.2, -0.15) is 4.98 Å². The number of phenols is 1. The number of imidazole rings is 1. The Bertz CT molecular complexity index is 524. The minimum Gasteiger partial charge on any atom is -0.508 e. The molecule has 0 aliphatic heterocycles. The molecule has 0 radical (unpaired) electrons. The summed E-state index contributed by atoms with van der Waals surface area (Å²) in [6, 6.07) is 5.68. The number of aromatic hydroxyl groups is 1. The van der Waals surface area contributed by atoms with Gasteiger partial charge in [0, 0.05) is 11.6 Å². The molecule has 2 aromatic rings. The quantitative estimate of drug-likeness (QED) is 0.803. The van der Waals surface area contributed by atoms with Crippen LogP contribution in [-0.4, -0.2) is 21.8 Å². The maximum Gasteiger partial charge on any atom is 0.297 e. The predicted molar refractivity (Wildman–Crippen MR) is 62.9 cm³/mol. The fourth-order valence-electron chi connectivity index (χ4n) is 1.83. The monoisotopic (exact) mass is 220 g/mol. The Hall–Kier alpha value is -1.71. The van der Waals surface area contributed by atoms with Crippen LogP contribution in [-0.2, 0) is 5.54 Å². The molecule has 2 rings (SSSR count). The van der Waals surface area contributed by atoms with E-state index < -0.39 is 0 Å². The van der Waals surface area contributed by atoms with Gasteiger partial charge in [-0.15, -0.1) is 0 Å². The van der Waals surface area contributed by atoms with Crippen LogP contribution in [0.5, 0.6) is 11.8 Å². The Morgan fingerprint density at radius 1 is 1.31 bits per heavy atom. The Morgan fingerprint density at radius 3 is 2.56 bits per heavy atom. The van der Waals surface area contributed by atoms with E-state index in [4.69, 9.17) is 4.74 Å². The summed E-state index contributed by atoms with van der Waals surface area (Å²) in [5, 5.41) is 9.52. The number of fused-ring (bicyclic) bond motifs is 1. The number of aromatic nitrogens is 2. The predicted octanol–water partition coefficient (Wildman–Crippen LogP) is 2.51. The van der Waals surface area contributed by atoms with E-state index in [1.807, 2.05) is 4.57 Å². The van der Waals surface area contributed by atoms with Crippen LogP contribution in [0.25, 0.3) is 11.0 Å². The molecule has 1 heterocycles. The molecule has 16 heavy (non-hydrogen) atoms. The summed E-state index contributed by atoms with van der Waals surface area (Å²) in [4.78, 5) is 4.37. The summed E-state index contributed by atoms with van der Waals surface area (Å²) < 4.78 is 7.24. The molecule has 1 aromatic heterocycles. The molecule has 1 aromatic carbocycles. The van der Waals surface area contributed by atoms with Crippen molar-refractivity contribution in [1.82, 2.24) is 9.55 Å². The van der Waals surface area contributed by atoms with E-state index in [2.05, 4.69) is 25.8 Å². The second-order valence-corrected chi connectivity index (χ2v) is 4.78. The summed E-state index contributed by atoms with van der Waals surface area (Å²) in [5.74, 6) is 0.237. The molecule has 0 spiro atoms. The molecule has 0 amide bonds. The molecular weight excluding hydrogens is 204 g/mol. The molecule has 0 saturated carbocycles. The minimum atomic E-state index is -0.145. The molecule has 4 heteroatoms. The summed E-state index contributed by atoms with van der Waals surface area (Å²) >= 11 is 0. The molecule has 1 N–H and O–H groups in total. The lowest BCUT2D eigenvalue weighted by molar-refractivity contribution is 0.304. The van der Waals surface area contributed by atoms with Gasteiger partial charge in [-0.3, -0.25) is 4.57 Å². The van der Waals surface area contributed by atoms with Crippen molar-refractivity contribution in [2.75, 3.05) is 7.11 Å². The van der Waals surface area contributed by atoms with E-state index in [-0.39, 0.29) is 11.3 Å². The van der Waals surface area contributed by atoms with Crippen LogP contribution >= 0.6 is 0 Å². The van der Waals surface area contributed by atoms with E-state index in [1.54, 1.807) is 25.3 Å². The zero-order chi connectivity index (χ0) is 11.9. The topological polar surface area (TPSA) is 47.3 Å². The Kier molecular flexibility index (Phi) is 2.30. The maximum atomic E-state index is 9.52. The van der Waals surface area contributed by atoms with Crippen molar-refractivity contribution >= 4 is 11.0 Å². The normalized spacial score (nSPS) is 12.0. The summed E-state index contributed by atoms with van der Waals surface area (Å²) in [6.07, 6.45) is 0. The highest BCUT2D eigenvalue weighted by Gasteiger charge is 2.22. The molecule has 0 saturated heterocycles. The van der Waals surface area contributed by atoms with Crippen molar-refractivity contribution in [3.8, 4) is 11.8 Å². The highest BCUT2D eigenvalue weighted by Crippen LogP contribution is 2.30.